The van der Waals surface area contributed by atoms with Crippen LogP contribution in [0.1, 0.15) is 9.67 Å². The molecule has 1 amide bonds. The fourth-order valence-corrected chi connectivity index (χ4v) is 2.68. The first-order valence-electron chi connectivity index (χ1n) is 6.03. The number of rotatable bonds is 5. The van der Waals surface area contributed by atoms with Crippen molar-refractivity contribution in [3.8, 4) is 0 Å². The number of thiophene rings is 1. The number of halogens is 2. The van der Waals surface area contributed by atoms with E-state index in [9.17, 15) is 19.7 Å². The highest BCUT2D eigenvalue weighted by molar-refractivity contribution is 7.17. The molecule has 0 unspecified atom stereocenters. The number of nitrogens with one attached hydrogen (secondary N) is 1. The zero-order valence-electron chi connectivity index (χ0n) is 11.2. The van der Waals surface area contributed by atoms with Crippen molar-refractivity contribution in [1.82, 2.24) is 0 Å². The number of amides is 1. The van der Waals surface area contributed by atoms with Crippen molar-refractivity contribution in [2.45, 2.75) is 0 Å². The molecule has 10 heteroatoms. The average molecular weight is 375 g/mol. The Labute approximate surface area is 143 Å². The van der Waals surface area contributed by atoms with Gasteiger partial charge >= 0.3 is 5.97 Å². The molecule has 7 nitrogen and oxygen atoms in total. The molecule has 23 heavy (non-hydrogen) atoms. The van der Waals surface area contributed by atoms with Gasteiger partial charge in [-0.2, -0.15) is 0 Å². The number of anilines is 1. The first kappa shape index (κ1) is 17.2. The molecule has 0 bridgehead atoms. The summed E-state index contributed by atoms with van der Waals surface area (Å²) in [5.74, 6) is -1.42. The number of benzene rings is 1. The van der Waals surface area contributed by atoms with Crippen molar-refractivity contribution < 1.29 is 19.2 Å². The molecule has 1 heterocycles. The predicted octanol–water partition coefficient (Wildman–Crippen LogP) is 3.76. The van der Waals surface area contributed by atoms with Crippen LogP contribution >= 0.6 is 34.5 Å². The Kier molecular flexibility index (Phi) is 5.54. The van der Waals surface area contributed by atoms with E-state index >= 15 is 0 Å². The van der Waals surface area contributed by atoms with Gasteiger partial charge in [-0.05, 0) is 24.3 Å². The van der Waals surface area contributed by atoms with E-state index in [0.29, 0.717) is 4.34 Å². The van der Waals surface area contributed by atoms with Gasteiger partial charge < -0.3 is 10.1 Å². The second kappa shape index (κ2) is 7.40. The van der Waals surface area contributed by atoms with Crippen LogP contribution in [-0.2, 0) is 9.53 Å². The minimum absolute atomic E-state index is 0.0420. The standard InChI is InChI=1S/C13H8Cl2N2O5S/c14-7-1-2-8(9(5-7)17(20)21)16-12(18)6-22-13(19)10-3-4-11(15)23-10/h1-5H,6H2,(H,16,18). The summed E-state index contributed by atoms with van der Waals surface area (Å²) in [4.78, 5) is 33.9. The fraction of sp³-hybridized carbons (Fsp3) is 0.0769. The van der Waals surface area contributed by atoms with E-state index in [2.05, 4.69) is 5.32 Å². The summed E-state index contributed by atoms with van der Waals surface area (Å²) in [6, 6.07) is 6.79. The third-order valence-corrected chi connectivity index (χ3v) is 3.99. The second-order valence-electron chi connectivity index (χ2n) is 4.15. The summed E-state index contributed by atoms with van der Waals surface area (Å²) in [6.07, 6.45) is 0. The van der Waals surface area contributed by atoms with Gasteiger partial charge in [0.1, 0.15) is 10.6 Å². The van der Waals surface area contributed by atoms with Gasteiger partial charge in [-0.15, -0.1) is 11.3 Å². The Hall–Kier alpha value is -2.16. The number of nitrogens with zero attached hydrogens (tertiary/aromatic N) is 1. The normalized spacial score (nSPS) is 10.2. The average Bonchev–Trinajstić information content (AvgIpc) is 2.93. The molecule has 0 aliphatic rings. The van der Waals surface area contributed by atoms with E-state index in [-0.39, 0.29) is 21.3 Å². The van der Waals surface area contributed by atoms with Crippen LogP contribution in [0.5, 0.6) is 0 Å². The van der Waals surface area contributed by atoms with Crippen LogP contribution in [0, 0.1) is 10.1 Å². The van der Waals surface area contributed by atoms with E-state index in [1.165, 1.54) is 24.3 Å². The van der Waals surface area contributed by atoms with Crippen molar-refractivity contribution >= 4 is 57.8 Å². The Morgan fingerprint density at radius 3 is 2.61 bits per heavy atom. The fourth-order valence-electron chi connectivity index (χ4n) is 1.57. The molecule has 2 rings (SSSR count). The Balaban J connectivity index is 1.97. The molecule has 0 spiro atoms. The number of ether oxygens (including phenoxy) is 1. The molecular formula is C13H8Cl2N2O5S. The SMILES string of the molecule is O=C(COC(=O)c1ccc(Cl)s1)Nc1ccc(Cl)cc1[N+](=O)[O-]. The lowest BCUT2D eigenvalue weighted by molar-refractivity contribution is -0.383. The van der Waals surface area contributed by atoms with E-state index < -0.39 is 23.4 Å². The van der Waals surface area contributed by atoms with E-state index in [0.717, 1.165) is 17.4 Å². The lowest BCUT2D eigenvalue weighted by Crippen LogP contribution is -2.21. The highest BCUT2D eigenvalue weighted by Gasteiger charge is 2.18. The molecule has 2 aromatic rings. The molecule has 0 atom stereocenters. The maximum Gasteiger partial charge on any atom is 0.348 e. The van der Waals surface area contributed by atoms with Crippen molar-refractivity contribution in [2.75, 3.05) is 11.9 Å². The highest BCUT2D eigenvalue weighted by Crippen LogP contribution is 2.27. The maximum atomic E-state index is 11.7. The predicted molar refractivity (Wildman–Crippen MR) is 86.3 cm³/mol. The molecule has 0 saturated heterocycles. The van der Waals surface area contributed by atoms with Gasteiger partial charge in [-0.25, -0.2) is 4.79 Å². The molecular weight excluding hydrogens is 367 g/mol. The molecule has 1 aromatic heterocycles. The van der Waals surface area contributed by atoms with Crippen LogP contribution in [0.2, 0.25) is 9.36 Å². The Bertz CT molecular complexity index is 777. The second-order valence-corrected chi connectivity index (χ2v) is 6.30. The number of nitro groups is 1. The summed E-state index contributed by atoms with van der Waals surface area (Å²) in [5.41, 5.74) is -0.401. The van der Waals surface area contributed by atoms with Gasteiger partial charge in [0.2, 0.25) is 0 Å². The summed E-state index contributed by atoms with van der Waals surface area (Å²) < 4.78 is 5.22. The van der Waals surface area contributed by atoms with E-state index in [4.69, 9.17) is 27.9 Å². The topological polar surface area (TPSA) is 98.5 Å². The Morgan fingerprint density at radius 1 is 1.26 bits per heavy atom. The van der Waals surface area contributed by atoms with Crippen molar-refractivity contribution in [3.63, 3.8) is 0 Å². The molecule has 1 N–H and O–H groups in total. The largest absolute Gasteiger partial charge is 0.451 e. The van der Waals surface area contributed by atoms with Crippen LogP contribution in [0.25, 0.3) is 0 Å². The minimum atomic E-state index is -0.716. The maximum absolute atomic E-state index is 11.7. The quantitative estimate of drug-likeness (QED) is 0.487. The van der Waals surface area contributed by atoms with Gasteiger partial charge in [-0.3, -0.25) is 14.9 Å². The molecule has 1 aromatic carbocycles. The van der Waals surface area contributed by atoms with Gasteiger partial charge in [0.05, 0.1) is 9.26 Å². The number of carbonyl (C=O) groups is 2. The van der Waals surface area contributed by atoms with Crippen LogP contribution in [0.3, 0.4) is 0 Å². The molecule has 0 fully saturated rings. The molecule has 0 saturated carbocycles. The number of esters is 1. The van der Waals surface area contributed by atoms with E-state index in [1.54, 1.807) is 0 Å². The van der Waals surface area contributed by atoms with Gasteiger partial charge in [0, 0.05) is 11.1 Å². The number of hydrogen-bond donors (Lipinski definition) is 1. The van der Waals surface area contributed by atoms with Gasteiger partial charge in [0.25, 0.3) is 11.6 Å². The molecule has 120 valence electrons. The first-order chi connectivity index (χ1) is 10.9. The number of carbonyl (C=O) groups excluding carboxylic acids is 2. The highest BCUT2D eigenvalue weighted by atomic mass is 35.5. The summed E-state index contributed by atoms with van der Waals surface area (Å²) >= 11 is 12.4. The lowest BCUT2D eigenvalue weighted by atomic mass is 10.2. The van der Waals surface area contributed by atoms with Gasteiger partial charge in [0.15, 0.2) is 6.61 Å². The van der Waals surface area contributed by atoms with Crippen LogP contribution < -0.4 is 5.32 Å². The van der Waals surface area contributed by atoms with Crippen molar-refractivity contribution in [2.24, 2.45) is 0 Å². The number of hydrogen-bond acceptors (Lipinski definition) is 6. The third kappa shape index (κ3) is 4.65. The molecule has 0 aliphatic carbocycles. The Morgan fingerprint density at radius 2 is 2.00 bits per heavy atom. The smallest absolute Gasteiger partial charge is 0.348 e. The monoisotopic (exact) mass is 374 g/mol. The number of nitro benzene ring substituents is 1. The zero-order valence-corrected chi connectivity index (χ0v) is 13.6. The minimum Gasteiger partial charge on any atom is -0.451 e. The van der Waals surface area contributed by atoms with Crippen LogP contribution in [0.15, 0.2) is 30.3 Å². The summed E-state index contributed by atoms with van der Waals surface area (Å²) in [6.45, 7) is -0.589. The van der Waals surface area contributed by atoms with Crippen LogP contribution in [0.4, 0.5) is 11.4 Å². The van der Waals surface area contributed by atoms with Crippen molar-refractivity contribution in [3.05, 3.63) is 54.7 Å². The third-order valence-electron chi connectivity index (χ3n) is 2.54. The lowest BCUT2D eigenvalue weighted by Gasteiger charge is -2.06. The summed E-state index contributed by atoms with van der Waals surface area (Å²) in [7, 11) is 0. The first-order valence-corrected chi connectivity index (χ1v) is 7.60. The van der Waals surface area contributed by atoms with Crippen molar-refractivity contribution in [1.29, 1.82) is 0 Å². The van der Waals surface area contributed by atoms with Crippen LogP contribution in [-0.4, -0.2) is 23.4 Å². The molecule has 0 aliphatic heterocycles. The zero-order chi connectivity index (χ0) is 17.0. The van der Waals surface area contributed by atoms with Gasteiger partial charge in [-0.1, -0.05) is 23.2 Å². The molecule has 0 radical (unpaired) electrons. The summed E-state index contributed by atoms with van der Waals surface area (Å²) in [5, 5.41) is 13.4. The van der Waals surface area contributed by atoms with E-state index in [1.807, 2.05) is 0 Å².